The van der Waals surface area contributed by atoms with Gasteiger partial charge in [0.25, 0.3) is 0 Å². The third-order valence-electron chi connectivity index (χ3n) is 4.55. The second kappa shape index (κ2) is 8.40. The third-order valence-corrected chi connectivity index (χ3v) is 4.55. The second-order valence-corrected chi connectivity index (χ2v) is 6.06. The van der Waals surface area contributed by atoms with Crippen molar-refractivity contribution in [1.82, 2.24) is 10.6 Å². The van der Waals surface area contributed by atoms with Gasteiger partial charge in [0.05, 0.1) is 25.9 Å². The average molecular weight is 370 g/mol. The molecule has 0 spiro atoms. The topological polar surface area (TPSA) is 79.9 Å². The van der Waals surface area contributed by atoms with Gasteiger partial charge in [0.1, 0.15) is 17.5 Å². The van der Waals surface area contributed by atoms with Crippen LogP contribution in [0.5, 0.6) is 11.5 Å². The van der Waals surface area contributed by atoms with Gasteiger partial charge in [0.2, 0.25) is 11.8 Å². The standard InChI is InChI=1S/C17H23N3O4.ClH/c1-23-12-8-11(9-13(10-12)24-2)20-7-5-15(17(20)22)19-16(21)14-4-3-6-18-14;/h8-10,14-15,18H,3-7H2,1-2H3,(H,19,21);1H. The van der Waals surface area contributed by atoms with E-state index in [9.17, 15) is 9.59 Å². The van der Waals surface area contributed by atoms with E-state index in [2.05, 4.69) is 10.6 Å². The molecule has 2 aliphatic rings. The first-order chi connectivity index (χ1) is 11.6. The van der Waals surface area contributed by atoms with Gasteiger partial charge in [-0.05, 0) is 25.8 Å². The molecule has 25 heavy (non-hydrogen) atoms. The van der Waals surface area contributed by atoms with Crippen molar-refractivity contribution in [3.8, 4) is 11.5 Å². The molecule has 2 unspecified atom stereocenters. The highest BCUT2D eigenvalue weighted by molar-refractivity contribution is 6.02. The number of benzene rings is 1. The van der Waals surface area contributed by atoms with Crippen LogP contribution in [0.3, 0.4) is 0 Å². The summed E-state index contributed by atoms with van der Waals surface area (Å²) in [6, 6.07) is 4.70. The lowest BCUT2D eigenvalue weighted by molar-refractivity contribution is -0.127. The monoisotopic (exact) mass is 369 g/mol. The smallest absolute Gasteiger partial charge is 0.249 e. The quantitative estimate of drug-likeness (QED) is 0.812. The van der Waals surface area contributed by atoms with E-state index in [-0.39, 0.29) is 30.3 Å². The molecular formula is C17H24ClN3O4. The van der Waals surface area contributed by atoms with Gasteiger partial charge < -0.3 is 25.0 Å². The average Bonchev–Trinajstić information content (AvgIpc) is 3.25. The number of nitrogens with one attached hydrogen (secondary N) is 2. The molecule has 138 valence electrons. The first-order valence-corrected chi connectivity index (χ1v) is 8.20. The molecule has 0 bridgehead atoms. The number of amides is 2. The Morgan fingerprint density at radius 2 is 1.88 bits per heavy atom. The van der Waals surface area contributed by atoms with Crippen LogP contribution in [0.2, 0.25) is 0 Å². The fourth-order valence-electron chi connectivity index (χ4n) is 3.20. The van der Waals surface area contributed by atoms with Crippen molar-refractivity contribution in [3.05, 3.63) is 18.2 Å². The molecule has 2 aliphatic heterocycles. The van der Waals surface area contributed by atoms with E-state index in [1.165, 1.54) is 0 Å². The molecule has 3 rings (SSSR count). The summed E-state index contributed by atoms with van der Waals surface area (Å²) in [7, 11) is 3.14. The fourth-order valence-corrected chi connectivity index (χ4v) is 3.20. The number of nitrogens with zero attached hydrogens (tertiary/aromatic N) is 1. The van der Waals surface area contributed by atoms with Crippen LogP contribution < -0.4 is 25.0 Å². The second-order valence-electron chi connectivity index (χ2n) is 6.06. The molecule has 2 heterocycles. The molecule has 2 atom stereocenters. The molecule has 2 amide bonds. The minimum atomic E-state index is -0.475. The van der Waals surface area contributed by atoms with Crippen molar-refractivity contribution in [2.45, 2.75) is 31.3 Å². The SMILES string of the molecule is COc1cc(OC)cc(N2CCC(NC(=O)C3CCCN3)C2=O)c1.Cl. The van der Waals surface area contributed by atoms with Gasteiger partial charge in [-0.15, -0.1) is 12.4 Å². The van der Waals surface area contributed by atoms with Gasteiger partial charge in [0.15, 0.2) is 0 Å². The van der Waals surface area contributed by atoms with E-state index in [0.29, 0.717) is 30.2 Å². The van der Waals surface area contributed by atoms with Crippen molar-refractivity contribution >= 4 is 29.9 Å². The van der Waals surface area contributed by atoms with Gasteiger partial charge in [0, 0.05) is 24.7 Å². The van der Waals surface area contributed by atoms with E-state index < -0.39 is 6.04 Å². The Morgan fingerprint density at radius 3 is 2.44 bits per heavy atom. The Morgan fingerprint density at radius 1 is 1.20 bits per heavy atom. The Balaban J connectivity index is 0.00000225. The van der Waals surface area contributed by atoms with E-state index in [0.717, 1.165) is 19.4 Å². The summed E-state index contributed by atoms with van der Waals surface area (Å²) in [4.78, 5) is 26.5. The first kappa shape index (κ1) is 19.3. The van der Waals surface area contributed by atoms with Crippen molar-refractivity contribution in [3.63, 3.8) is 0 Å². The Bertz CT molecular complexity index is 612. The van der Waals surface area contributed by atoms with Crippen LogP contribution in [0.1, 0.15) is 19.3 Å². The zero-order valence-corrected chi connectivity index (χ0v) is 15.2. The molecule has 7 nitrogen and oxygen atoms in total. The highest BCUT2D eigenvalue weighted by Gasteiger charge is 2.35. The number of ether oxygens (including phenoxy) is 2. The minimum absolute atomic E-state index is 0. The van der Waals surface area contributed by atoms with Gasteiger partial charge in [-0.3, -0.25) is 9.59 Å². The van der Waals surface area contributed by atoms with Crippen molar-refractivity contribution in [1.29, 1.82) is 0 Å². The predicted molar refractivity (Wildman–Crippen MR) is 96.7 cm³/mol. The lowest BCUT2D eigenvalue weighted by Crippen LogP contribution is -2.48. The van der Waals surface area contributed by atoms with E-state index in [1.807, 2.05) is 0 Å². The number of rotatable bonds is 5. The number of carbonyl (C=O) groups excluding carboxylic acids is 2. The summed E-state index contributed by atoms with van der Waals surface area (Å²) in [6.07, 6.45) is 2.41. The molecule has 2 fully saturated rings. The van der Waals surface area contributed by atoms with Crippen LogP contribution in [-0.2, 0) is 9.59 Å². The van der Waals surface area contributed by atoms with Crippen LogP contribution >= 0.6 is 12.4 Å². The summed E-state index contributed by atoms with van der Waals surface area (Å²) >= 11 is 0. The lowest BCUT2D eigenvalue weighted by Gasteiger charge is -2.19. The van der Waals surface area contributed by atoms with E-state index in [1.54, 1.807) is 37.3 Å². The normalized spacial score (nSPS) is 22.5. The maximum atomic E-state index is 12.7. The van der Waals surface area contributed by atoms with Gasteiger partial charge in [-0.2, -0.15) is 0 Å². The zero-order chi connectivity index (χ0) is 17.1. The molecule has 0 aromatic heterocycles. The maximum Gasteiger partial charge on any atom is 0.249 e. The molecule has 1 aromatic rings. The summed E-state index contributed by atoms with van der Waals surface area (Å²) in [5.41, 5.74) is 0.715. The summed E-state index contributed by atoms with van der Waals surface area (Å²) in [5.74, 6) is 1.06. The van der Waals surface area contributed by atoms with Crippen molar-refractivity contribution in [2.24, 2.45) is 0 Å². The summed E-state index contributed by atoms with van der Waals surface area (Å²) in [6.45, 7) is 1.41. The largest absolute Gasteiger partial charge is 0.497 e. The van der Waals surface area contributed by atoms with Gasteiger partial charge in [-0.25, -0.2) is 0 Å². The van der Waals surface area contributed by atoms with Crippen molar-refractivity contribution in [2.75, 3.05) is 32.2 Å². The fraction of sp³-hybridized carbons (Fsp3) is 0.529. The van der Waals surface area contributed by atoms with Gasteiger partial charge in [-0.1, -0.05) is 0 Å². The predicted octanol–water partition coefficient (Wildman–Crippen LogP) is 1.10. The highest BCUT2D eigenvalue weighted by atomic mass is 35.5. The van der Waals surface area contributed by atoms with E-state index in [4.69, 9.17) is 9.47 Å². The molecule has 8 heteroatoms. The van der Waals surface area contributed by atoms with Crippen LogP contribution in [0.15, 0.2) is 18.2 Å². The minimum Gasteiger partial charge on any atom is -0.497 e. The third kappa shape index (κ3) is 4.16. The zero-order valence-electron chi connectivity index (χ0n) is 14.4. The number of halogens is 1. The molecule has 0 aliphatic carbocycles. The Kier molecular flexibility index (Phi) is 6.50. The lowest BCUT2D eigenvalue weighted by atomic mass is 10.2. The maximum absolute atomic E-state index is 12.7. The van der Waals surface area contributed by atoms with E-state index >= 15 is 0 Å². The van der Waals surface area contributed by atoms with Crippen LogP contribution in [0, 0.1) is 0 Å². The van der Waals surface area contributed by atoms with Crippen LogP contribution in [0.4, 0.5) is 5.69 Å². The Labute approximate surface area is 153 Å². The first-order valence-electron chi connectivity index (χ1n) is 8.20. The summed E-state index contributed by atoms with van der Waals surface area (Å²) in [5, 5.41) is 6.02. The Hall–Kier alpha value is -1.99. The molecular weight excluding hydrogens is 346 g/mol. The summed E-state index contributed by atoms with van der Waals surface area (Å²) < 4.78 is 10.5. The molecule has 2 N–H and O–H groups in total. The number of hydrogen-bond donors (Lipinski definition) is 2. The number of carbonyl (C=O) groups is 2. The molecule has 1 aromatic carbocycles. The van der Waals surface area contributed by atoms with Crippen LogP contribution in [-0.4, -0.2) is 51.2 Å². The number of methoxy groups -OCH3 is 2. The molecule has 0 radical (unpaired) electrons. The molecule has 0 saturated carbocycles. The molecule has 2 saturated heterocycles. The highest BCUT2D eigenvalue weighted by Crippen LogP contribution is 2.31. The number of hydrogen-bond acceptors (Lipinski definition) is 5. The van der Waals surface area contributed by atoms with Crippen molar-refractivity contribution < 1.29 is 19.1 Å². The van der Waals surface area contributed by atoms with Gasteiger partial charge >= 0.3 is 0 Å². The van der Waals surface area contributed by atoms with Crippen LogP contribution in [0.25, 0.3) is 0 Å². The number of anilines is 1.